The van der Waals surface area contributed by atoms with E-state index in [9.17, 15) is 34.2 Å². The van der Waals surface area contributed by atoms with Gasteiger partial charge in [-0.25, -0.2) is 4.79 Å². The van der Waals surface area contributed by atoms with Crippen LogP contribution in [0.2, 0.25) is 0 Å². The molecular weight excluding hydrogens is 458 g/mol. The third-order valence-electron chi connectivity index (χ3n) is 5.58. The SMILES string of the molecule is CCC(C)C(N)C(=O)NC(CO)C(=O)NC(Cc1ccccc1)C(=O)NC(CCC(N)=O)C(=O)O. The Hall–Kier alpha value is -3.51. The van der Waals surface area contributed by atoms with Crippen LogP contribution in [-0.2, 0) is 30.4 Å². The van der Waals surface area contributed by atoms with Gasteiger partial charge >= 0.3 is 5.97 Å². The zero-order chi connectivity index (χ0) is 26.5. The van der Waals surface area contributed by atoms with E-state index >= 15 is 0 Å². The van der Waals surface area contributed by atoms with Crippen molar-refractivity contribution in [3.05, 3.63) is 35.9 Å². The number of carbonyl (C=O) groups excluding carboxylic acids is 4. The molecular formula is C23H35N5O7. The van der Waals surface area contributed by atoms with Crippen molar-refractivity contribution in [1.29, 1.82) is 0 Å². The lowest BCUT2D eigenvalue weighted by atomic mass is 9.99. The molecule has 0 saturated heterocycles. The van der Waals surface area contributed by atoms with E-state index in [0.717, 1.165) is 0 Å². The van der Waals surface area contributed by atoms with E-state index in [1.54, 1.807) is 37.3 Å². The van der Waals surface area contributed by atoms with Gasteiger partial charge in [-0.3, -0.25) is 19.2 Å². The average Bonchev–Trinajstić information content (AvgIpc) is 2.83. The number of carboxylic acids is 1. The Morgan fingerprint density at radius 1 is 0.914 bits per heavy atom. The minimum Gasteiger partial charge on any atom is -0.480 e. The lowest BCUT2D eigenvalue weighted by molar-refractivity contribution is -0.142. The molecule has 0 spiro atoms. The van der Waals surface area contributed by atoms with Gasteiger partial charge in [0.15, 0.2) is 0 Å². The number of primary amides is 1. The number of aliphatic hydroxyl groups is 1. The Morgan fingerprint density at radius 2 is 1.46 bits per heavy atom. The number of hydrogen-bond donors (Lipinski definition) is 7. The van der Waals surface area contributed by atoms with Crippen LogP contribution in [0.3, 0.4) is 0 Å². The summed E-state index contributed by atoms with van der Waals surface area (Å²) >= 11 is 0. The number of benzene rings is 1. The number of aliphatic carboxylic acids is 1. The van der Waals surface area contributed by atoms with Gasteiger partial charge in [-0.15, -0.1) is 0 Å². The summed E-state index contributed by atoms with van der Waals surface area (Å²) in [7, 11) is 0. The molecule has 0 aliphatic carbocycles. The molecule has 4 amide bonds. The van der Waals surface area contributed by atoms with E-state index in [-0.39, 0.29) is 25.2 Å². The van der Waals surface area contributed by atoms with Crippen LogP contribution >= 0.6 is 0 Å². The number of amides is 4. The van der Waals surface area contributed by atoms with Crippen LogP contribution in [0.5, 0.6) is 0 Å². The van der Waals surface area contributed by atoms with Gasteiger partial charge in [0, 0.05) is 12.8 Å². The van der Waals surface area contributed by atoms with Crippen LogP contribution in [0, 0.1) is 5.92 Å². The van der Waals surface area contributed by atoms with Crippen LogP contribution in [0.15, 0.2) is 30.3 Å². The monoisotopic (exact) mass is 493 g/mol. The van der Waals surface area contributed by atoms with E-state index < -0.39 is 60.4 Å². The number of nitrogens with two attached hydrogens (primary N) is 2. The summed E-state index contributed by atoms with van der Waals surface area (Å²) in [5, 5.41) is 26.2. The molecule has 0 bridgehead atoms. The molecule has 9 N–H and O–H groups in total. The zero-order valence-corrected chi connectivity index (χ0v) is 19.9. The van der Waals surface area contributed by atoms with Crippen LogP contribution in [0.1, 0.15) is 38.7 Å². The molecule has 0 aromatic heterocycles. The number of carbonyl (C=O) groups is 5. The van der Waals surface area contributed by atoms with Crippen molar-refractivity contribution in [2.75, 3.05) is 6.61 Å². The number of aliphatic hydroxyl groups excluding tert-OH is 1. The summed E-state index contributed by atoms with van der Waals surface area (Å²) < 4.78 is 0. The standard InChI is InChI=1S/C23H35N5O7/c1-3-13(2)19(25)22(33)28-17(12-29)21(32)27-16(11-14-7-5-4-6-8-14)20(31)26-15(23(34)35)9-10-18(24)30/h4-8,13,15-17,19,29H,3,9-12,25H2,1-2H3,(H2,24,30)(H,26,31)(H,27,32)(H,28,33)(H,34,35). The Morgan fingerprint density at radius 3 is 1.97 bits per heavy atom. The molecule has 1 rings (SSSR count). The first-order valence-electron chi connectivity index (χ1n) is 11.3. The highest BCUT2D eigenvalue weighted by Crippen LogP contribution is 2.07. The van der Waals surface area contributed by atoms with Crippen molar-refractivity contribution < 1.29 is 34.2 Å². The summed E-state index contributed by atoms with van der Waals surface area (Å²) in [6, 6.07) is 3.72. The highest BCUT2D eigenvalue weighted by atomic mass is 16.4. The molecule has 1 aromatic carbocycles. The number of carboxylic acid groups (broad SMARTS) is 1. The fourth-order valence-corrected chi connectivity index (χ4v) is 3.12. The molecule has 0 radical (unpaired) electrons. The van der Waals surface area contributed by atoms with E-state index in [2.05, 4.69) is 16.0 Å². The van der Waals surface area contributed by atoms with Gasteiger partial charge in [-0.2, -0.15) is 0 Å². The normalized spacial score (nSPS) is 15.1. The predicted octanol–water partition coefficient (Wildman–Crippen LogP) is -1.60. The second-order valence-electron chi connectivity index (χ2n) is 8.31. The smallest absolute Gasteiger partial charge is 0.326 e. The van der Waals surface area contributed by atoms with Crippen molar-refractivity contribution in [2.45, 2.75) is 63.7 Å². The molecule has 0 aliphatic heterocycles. The average molecular weight is 494 g/mol. The topological polar surface area (TPSA) is 214 Å². The summed E-state index contributed by atoms with van der Waals surface area (Å²) in [5.41, 5.74) is 11.6. The first kappa shape index (κ1) is 29.5. The molecule has 35 heavy (non-hydrogen) atoms. The fourth-order valence-electron chi connectivity index (χ4n) is 3.12. The van der Waals surface area contributed by atoms with Gasteiger partial charge in [0.25, 0.3) is 0 Å². The van der Waals surface area contributed by atoms with Gasteiger partial charge in [0.2, 0.25) is 23.6 Å². The third-order valence-corrected chi connectivity index (χ3v) is 5.58. The highest BCUT2D eigenvalue weighted by Gasteiger charge is 2.31. The van der Waals surface area contributed by atoms with Crippen molar-refractivity contribution in [3.8, 4) is 0 Å². The molecule has 5 unspecified atom stereocenters. The number of rotatable bonds is 15. The van der Waals surface area contributed by atoms with E-state index in [4.69, 9.17) is 11.5 Å². The summed E-state index contributed by atoms with van der Waals surface area (Å²) in [5.74, 6) is -4.56. The Labute approximate surface area is 203 Å². The Kier molecular flexibility index (Phi) is 12.4. The third kappa shape index (κ3) is 10.1. The van der Waals surface area contributed by atoms with Gasteiger partial charge < -0.3 is 37.6 Å². The summed E-state index contributed by atoms with van der Waals surface area (Å²) in [6.07, 6.45) is 0.136. The highest BCUT2D eigenvalue weighted by molar-refractivity contribution is 5.94. The van der Waals surface area contributed by atoms with Gasteiger partial charge in [0.1, 0.15) is 18.1 Å². The number of nitrogens with one attached hydrogen (secondary N) is 3. The molecule has 0 saturated carbocycles. The molecule has 12 nitrogen and oxygen atoms in total. The molecule has 5 atom stereocenters. The van der Waals surface area contributed by atoms with Crippen LogP contribution in [0.4, 0.5) is 0 Å². The van der Waals surface area contributed by atoms with Crippen molar-refractivity contribution >= 4 is 29.6 Å². The van der Waals surface area contributed by atoms with Gasteiger partial charge in [-0.05, 0) is 17.9 Å². The van der Waals surface area contributed by atoms with Gasteiger partial charge in [0.05, 0.1) is 12.6 Å². The van der Waals surface area contributed by atoms with Crippen molar-refractivity contribution in [3.63, 3.8) is 0 Å². The fraction of sp³-hybridized carbons (Fsp3) is 0.522. The maximum absolute atomic E-state index is 12.9. The summed E-state index contributed by atoms with van der Waals surface area (Å²) in [4.78, 5) is 60.7. The molecule has 12 heteroatoms. The van der Waals surface area contributed by atoms with Crippen LogP contribution in [-0.4, -0.2) is 70.6 Å². The first-order chi connectivity index (χ1) is 16.5. The van der Waals surface area contributed by atoms with Crippen LogP contribution < -0.4 is 27.4 Å². The van der Waals surface area contributed by atoms with Crippen LogP contribution in [0.25, 0.3) is 0 Å². The molecule has 1 aromatic rings. The first-order valence-corrected chi connectivity index (χ1v) is 11.3. The van der Waals surface area contributed by atoms with E-state index in [1.807, 2.05) is 6.92 Å². The maximum atomic E-state index is 12.9. The lowest BCUT2D eigenvalue weighted by Crippen LogP contribution is -2.59. The van der Waals surface area contributed by atoms with Crippen molar-refractivity contribution in [1.82, 2.24) is 16.0 Å². The van der Waals surface area contributed by atoms with E-state index in [0.29, 0.717) is 12.0 Å². The lowest BCUT2D eigenvalue weighted by Gasteiger charge is -2.25. The number of hydrogen-bond acceptors (Lipinski definition) is 7. The Balaban J connectivity index is 3.02. The second kappa shape index (κ2) is 14.7. The second-order valence-corrected chi connectivity index (χ2v) is 8.31. The quantitative estimate of drug-likeness (QED) is 0.151. The largest absolute Gasteiger partial charge is 0.480 e. The zero-order valence-electron chi connectivity index (χ0n) is 19.9. The molecule has 0 aliphatic rings. The minimum atomic E-state index is -1.41. The molecule has 0 heterocycles. The van der Waals surface area contributed by atoms with Crippen molar-refractivity contribution in [2.24, 2.45) is 17.4 Å². The maximum Gasteiger partial charge on any atom is 0.326 e. The predicted molar refractivity (Wildman–Crippen MR) is 127 cm³/mol. The summed E-state index contributed by atoms with van der Waals surface area (Å²) in [6.45, 7) is 2.88. The Bertz CT molecular complexity index is 880. The van der Waals surface area contributed by atoms with E-state index in [1.165, 1.54) is 0 Å². The molecule has 194 valence electrons. The molecule has 0 fully saturated rings. The van der Waals surface area contributed by atoms with Gasteiger partial charge in [-0.1, -0.05) is 50.6 Å². The minimum absolute atomic E-state index is 0.000943.